The monoisotopic (exact) mass is 248 g/mol. The Morgan fingerprint density at radius 1 is 1.50 bits per heavy atom. The second-order valence-corrected chi connectivity index (χ2v) is 4.64. The van der Waals surface area contributed by atoms with Crippen molar-refractivity contribution in [3.05, 3.63) is 24.6 Å². The minimum atomic E-state index is -0.863. The molecule has 2 rings (SSSR count). The largest absolute Gasteiger partial charge is 0.480 e. The summed E-state index contributed by atoms with van der Waals surface area (Å²) in [5.41, 5.74) is 0.721. The first kappa shape index (κ1) is 12.4. The van der Waals surface area contributed by atoms with E-state index in [1.165, 1.54) is 0 Å². The van der Waals surface area contributed by atoms with Gasteiger partial charge in [-0.05, 0) is 18.1 Å². The van der Waals surface area contributed by atoms with Crippen LogP contribution in [-0.2, 0) is 4.79 Å². The third kappa shape index (κ3) is 2.61. The van der Waals surface area contributed by atoms with Crippen LogP contribution in [0.15, 0.2) is 29.0 Å². The van der Waals surface area contributed by atoms with E-state index >= 15 is 0 Å². The molecule has 0 saturated carbocycles. The van der Waals surface area contributed by atoms with Gasteiger partial charge in [0.25, 0.3) is 0 Å². The summed E-state index contributed by atoms with van der Waals surface area (Å²) in [5, 5.41) is 9.83. The fourth-order valence-electron chi connectivity index (χ4n) is 1.96. The Bertz CT molecular complexity index is 548. The van der Waals surface area contributed by atoms with Crippen molar-refractivity contribution in [2.45, 2.75) is 13.8 Å². The molecule has 2 aromatic rings. The molecule has 0 aliphatic rings. The van der Waals surface area contributed by atoms with E-state index in [4.69, 9.17) is 9.52 Å². The molecule has 96 valence electrons. The predicted molar refractivity (Wildman–Crippen MR) is 68.7 cm³/mol. The zero-order valence-corrected chi connectivity index (χ0v) is 10.5. The highest BCUT2D eigenvalue weighted by molar-refractivity contribution is 5.89. The molecule has 0 radical (unpaired) electrons. The maximum atomic E-state index is 10.9. The quantitative estimate of drug-likeness (QED) is 0.879. The van der Waals surface area contributed by atoms with Crippen LogP contribution in [0.5, 0.6) is 0 Å². The second kappa shape index (κ2) is 5.08. The number of hydrogen-bond donors (Lipinski definition) is 1. The van der Waals surface area contributed by atoms with E-state index in [2.05, 4.69) is 4.98 Å². The Kier molecular flexibility index (Phi) is 3.50. The summed E-state index contributed by atoms with van der Waals surface area (Å²) in [5.74, 6) is 0.156. The van der Waals surface area contributed by atoms with Gasteiger partial charge in [0.05, 0.1) is 11.6 Å². The van der Waals surface area contributed by atoms with Gasteiger partial charge in [-0.3, -0.25) is 4.79 Å². The summed E-state index contributed by atoms with van der Waals surface area (Å²) in [6.07, 6.45) is 3.22. The lowest BCUT2D eigenvalue weighted by molar-refractivity contribution is -0.135. The molecule has 0 bridgehead atoms. The van der Waals surface area contributed by atoms with E-state index in [-0.39, 0.29) is 6.54 Å². The van der Waals surface area contributed by atoms with Crippen molar-refractivity contribution in [1.82, 2.24) is 4.98 Å². The Balaban J connectivity index is 2.39. The van der Waals surface area contributed by atoms with Gasteiger partial charge in [0.2, 0.25) is 0 Å². The van der Waals surface area contributed by atoms with Crippen molar-refractivity contribution in [3.8, 4) is 0 Å². The Labute approximate surface area is 105 Å². The van der Waals surface area contributed by atoms with E-state index in [9.17, 15) is 4.79 Å². The van der Waals surface area contributed by atoms with E-state index in [1.54, 1.807) is 23.4 Å². The smallest absolute Gasteiger partial charge is 0.323 e. The van der Waals surface area contributed by atoms with Crippen LogP contribution >= 0.6 is 0 Å². The second-order valence-electron chi connectivity index (χ2n) is 4.64. The number of aromatic nitrogens is 1. The number of carboxylic acids is 1. The summed E-state index contributed by atoms with van der Waals surface area (Å²) in [7, 11) is 0. The van der Waals surface area contributed by atoms with Crippen molar-refractivity contribution in [2.24, 2.45) is 5.92 Å². The topological polar surface area (TPSA) is 66.6 Å². The molecule has 0 fully saturated rings. The van der Waals surface area contributed by atoms with Crippen LogP contribution in [0.25, 0.3) is 11.0 Å². The molecular weight excluding hydrogens is 232 g/mol. The van der Waals surface area contributed by atoms with Gasteiger partial charge in [-0.25, -0.2) is 4.98 Å². The maximum Gasteiger partial charge on any atom is 0.323 e. The Morgan fingerprint density at radius 3 is 2.94 bits per heavy atom. The van der Waals surface area contributed by atoms with E-state index < -0.39 is 5.97 Å². The summed E-state index contributed by atoms with van der Waals surface area (Å²) >= 11 is 0. The molecule has 0 atom stereocenters. The lowest BCUT2D eigenvalue weighted by Gasteiger charge is -2.24. The highest BCUT2D eigenvalue weighted by Gasteiger charge is 2.16. The standard InChI is InChI=1S/C13H16N2O3/c1-9(2)7-15(8-12(16)17)13-10-4-6-18-11(10)3-5-14-13/h3-6,9H,7-8H2,1-2H3,(H,16,17). The molecule has 2 aromatic heterocycles. The van der Waals surface area contributed by atoms with Crippen LogP contribution in [0.4, 0.5) is 5.82 Å². The first-order chi connectivity index (χ1) is 8.58. The Morgan fingerprint density at radius 2 is 2.28 bits per heavy atom. The van der Waals surface area contributed by atoms with Gasteiger partial charge in [-0.15, -0.1) is 0 Å². The van der Waals surface area contributed by atoms with Crippen molar-refractivity contribution in [3.63, 3.8) is 0 Å². The van der Waals surface area contributed by atoms with Gasteiger partial charge in [0.1, 0.15) is 17.9 Å². The normalized spacial score (nSPS) is 11.1. The molecule has 0 amide bonds. The van der Waals surface area contributed by atoms with Gasteiger partial charge in [-0.1, -0.05) is 13.8 Å². The summed E-state index contributed by atoms with van der Waals surface area (Å²) in [6.45, 7) is 4.67. The van der Waals surface area contributed by atoms with Crippen molar-refractivity contribution < 1.29 is 14.3 Å². The molecule has 5 heteroatoms. The van der Waals surface area contributed by atoms with Crippen LogP contribution in [0.1, 0.15) is 13.8 Å². The molecule has 0 aliphatic carbocycles. The van der Waals surface area contributed by atoms with Crippen molar-refractivity contribution in [1.29, 1.82) is 0 Å². The number of nitrogens with zero attached hydrogens (tertiary/aromatic N) is 2. The SMILES string of the molecule is CC(C)CN(CC(=O)O)c1nccc2occc12. The van der Waals surface area contributed by atoms with Gasteiger partial charge in [0.15, 0.2) is 0 Å². The van der Waals surface area contributed by atoms with E-state index in [1.807, 2.05) is 19.9 Å². The highest BCUT2D eigenvalue weighted by atomic mass is 16.4. The van der Waals surface area contributed by atoms with Gasteiger partial charge >= 0.3 is 5.97 Å². The average molecular weight is 248 g/mol. The van der Waals surface area contributed by atoms with E-state index in [0.717, 1.165) is 11.0 Å². The summed E-state index contributed by atoms with van der Waals surface area (Å²) < 4.78 is 5.30. The van der Waals surface area contributed by atoms with Crippen molar-refractivity contribution >= 4 is 22.8 Å². The molecule has 1 N–H and O–H groups in total. The highest BCUT2D eigenvalue weighted by Crippen LogP contribution is 2.25. The number of aliphatic carboxylic acids is 1. The molecular formula is C13H16N2O3. The summed E-state index contributed by atoms with van der Waals surface area (Å²) in [6, 6.07) is 3.58. The number of pyridine rings is 1. The zero-order chi connectivity index (χ0) is 13.1. The van der Waals surface area contributed by atoms with Crippen LogP contribution < -0.4 is 4.90 Å². The third-order valence-electron chi connectivity index (χ3n) is 2.57. The van der Waals surface area contributed by atoms with Crippen molar-refractivity contribution in [2.75, 3.05) is 18.0 Å². The van der Waals surface area contributed by atoms with Crippen LogP contribution in [0.3, 0.4) is 0 Å². The number of carbonyl (C=O) groups is 1. The fourth-order valence-corrected chi connectivity index (χ4v) is 1.96. The Hall–Kier alpha value is -2.04. The minimum absolute atomic E-state index is 0.0600. The summed E-state index contributed by atoms with van der Waals surface area (Å²) in [4.78, 5) is 17.0. The number of furan rings is 1. The van der Waals surface area contributed by atoms with Crippen LogP contribution in [0, 0.1) is 5.92 Å². The molecule has 0 unspecified atom stereocenters. The predicted octanol–water partition coefficient (Wildman–Crippen LogP) is 2.37. The van der Waals surface area contributed by atoms with Crippen LogP contribution in [0.2, 0.25) is 0 Å². The first-order valence-corrected chi connectivity index (χ1v) is 5.87. The molecule has 0 spiro atoms. The average Bonchev–Trinajstić information content (AvgIpc) is 2.74. The number of carboxylic acid groups (broad SMARTS) is 1. The molecule has 2 heterocycles. The molecule has 5 nitrogen and oxygen atoms in total. The van der Waals surface area contributed by atoms with Gasteiger partial charge in [0, 0.05) is 12.7 Å². The van der Waals surface area contributed by atoms with Gasteiger partial charge in [-0.2, -0.15) is 0 Å². The zero-order valence-electron chi connectivity index (χ0n) is 10.5. The molecule has 0 aliphatic heterocycles. The fraction of sp³-hybridized carbons (Fsp3) is 0.385. The van der Waals surface area contributed by atoms with Crippen LogP contribution in [-0.4, -0.2) is 29.1 Å². The molecule has 18 heavy (non-hydrogen) atoms. The number of fused-ring (bicyclic) bond motifs is 1. The molecule has 0 aromatic carbocycles. The number of anilines is 1. The number of hydrogen-bond acceptors (Lipinski definition) is 4. The lowest BCUT2D eigenvalue weighted by Crippen LogP contribution is -2.33. The van der Waals surface area contributed by atoms with Gasteiger partial charge < -0.3 is 14.4 Å². The van der Waals surface area contributed by atoms with E-state index in [0.29, 0.717) is 18.3 Å². The molecule has 0 saturated heterocycles. The minimum Gasteiger partial charge on any atom is -0.480 e. The first-order valence-electron chi connectivity index (χ1n) is 5.87. The lowest BCUT2D eigenvalue weighted by atomic mass is 10.2. The maximum absolute atomic E-state index is 10.9. The third-order valence-corrected chi connectivity index (χ3v) is 2.57. The number of rotatable bonds is 5.